The molecule has 0 amide bonds. The van der Waals surface area contributed by atoms with Gasteiger partial charge in [0.15, 0.2) is 0 Å². The Morgan fingerprint density at radius 3 is 2.77 bits per heavy atom. The summed E-state index contributed by atoms with van der Waals surface area (Å²) in [7, 11) is 3.37. The van der Waals surface area contributed by atoms with Crippen LogP contribution >= 0.6 is 0 Å². The number of aryl methyl sites for hydroxylation is 2. The van der Waals surface area contributed by atoms with Gasteiger partial charge < -0.3 is 15.2 Å². The van der Waals surface area contributed by atoms with Gasteiger partial charge in [-0.15, -0.1) is 0 Å². The van der Waals surface area contributed by atoms with E-state index in [1.807, 2.05) is 37.8 Å². The maximum atomic E-state index is 11.3. The van der Waals surface area contributed by atoms with Gasteiger partial charge in [0.2, 0.25) is 0 Å². The summed E-state index contributed by atoms with van der Waals surface area (Å²) < 4.78 is 6.92. The fourth-order valence-electron chi connectivity index (χ4n) is 2.36. The van der Waals surface area contributed by atoms with Gasteiger partial charge in [0.1, 0.15) is 11.3 Å². The number of nitrogens with zero attached hydrogens (tertiary/aromatic N) is 2. The van der Waals surface area contributed by atoms with E-state index in [0.29, 0.717) is 12.3 Å². The number of benzene rings is 1. The number of carboxylic acid groups (broad SMARTS) is 1. The van der Waals surface area contributed by atoms with Gasteiger partial charge in [0.25, 0.3) is 0 Å². The third-order valence-electron chi connectivity index (χ3n) is 3.80. The topological polar surface area (TPSA) is 76.4 Å². The van der Waals surface area contributed by atoms with Gasteiger partial charge in [-0.25, -0.2) is 4.79 Å². The van der Waals surface area contributed by atoms with Gasteiger partial charge in [0, 0.05) is 19.6 Å². The third-order valence-corrected chi connectivity index (χ3v) is 3.80. The van der Waals surface area contributed by atoms with Crippen LogP contribution < -0.4 is 10.1 Å². The Morgan fingerprint density at radius 1 is 1.50 bits per heavy atom. The number of methoxy groups -OCH3 is 1. The summed E-state index contributed by atoms with van der Waals surface area (Å²) >= 11 is 0. The SMILES string of the molecule is COc1ccc([C@H](C)NCc2c(C)cnn2C)cc1C(=O)O. The second kappa shape index (κ2) is 6.62. The Hall–Kier alpha value is -2.34. The lowest BCUT2D eigenvalue weighted by Crippen LogP contribution is -2.20. The second-order valence-corrected chi connectivity index (χ2v) is 5.27. The number of carboxylic acids is 1. The summed E-state index contributed by atoms with van der Waals surface area (Å²) in [6.07, 6.45) is 1.83. The quantitative estimate of drug-likeness (QED) is 0.856. The molecule has 1 aromatic heterocycles. The molecule has 0 unspecified atom stereocenters. The van der Waals surface area contributed by atoms with Crippen molar-refractivity contribution in [3.05, 3.63) is 46.8 Å². The van der Waals surface area contributed by atoms with E-state index in [4.69, 9.17) is 4.74 Å². The summed E-state index contributed by atoms with van der Waals surface area (Å²) in [5.41, 5.74) is 3.31. The monoisotopic (exact) mass is 303 g/mol. The zero-order valence-electron chi connectivity index (χ0n) is 13.3. The fourth-order valence-corrected chi connectivity index (χ4v) is 2.36. The van der Waals surface area contributed by atoms with Gasteiger partial charge in [-0.05, 0) is 37.1 Å². The molecule has 1 atom stereocenters. The Balaban J connectivity index is 2.14. The summed E-state index contributed by atoms with van der Waals surface area (Å²) in [6, 6.07) is 5.22. The van der Waals surface area contributed by atoms with Crippen LogP contribution in [-0.2, 0) is 13.6 Å². The molecule has 0 spiro atoms. The summed E-state index contributed by atoms with van der Waals surface area (Å²) in [5.74, 6) is -0.626. The van der Waals surface area contributed by atoms with Crippen LogP contribution in [0.15, 0.2) is 24.4 Å². The highest BCUT2D eigenvalue weighted by molar-refractivity contribution is 5.91. The van der Waals surface area contributed by atoms with E-state index in [-0.39, 0.29) is 11.6 Å². The molecule has 1 heterocycles. The van der Waals surface area contributed by atoms with Crippen molar-refractivity contribution in [2.24, 2.45) is 7.05 Å². The van der Waals surface area contributed by atoms with Crippen molar-refractivity contribution in [1.29, 1.82) is 0 Å². The maximum absolute atomic E-state index is 11.3. The molecule has 0 bridgehead atoms. The number of nitrogens with one attached hydrogen (secondary N) is 1. The van der Waals surface area contributed by atoms with Crippen molar-refractivity contribution in [3.8, 4) is 5.75 Å². The Morgan fingerprint density at radius 2 is 2.23 bits per heavy atom. The molecule has 2 aromatic rings. The molecular weight excluding hydrogens is 282 g/mol. The predicted octanol–water partition coefficient (Wildman–Crippen LogP) is 2.29. The molecule has 0 aliphatic rings. The van der Waals surface area contributed by atoms with Crippen LogP contribution in [0.2, 0.25) is 0 Å². The van der Waals surface area contributed by atoms with Gasteiger partial charge >= 0.3 is 5.97 Å². The van der Waals surface area contributed by atoms with Crippen LogP contribution in [0.25, 0.3) is 0 Å². The van der Waals surface area contributed by atoms with Crippen LogP contribution in [0.4, 0.5) is 0 Å². The Bertz CT molecular complexity index is 660. The molecule has 22 heavy (non-hydrogen) atoms. The molecule has 6 nitrogen and oxygen atoms in total. The van der Waals surface area contributed by atoms with Gasteiger partial charge in [-0.3, -0.25) is 4.68 Å². The van der Waals surface area contributed by atoms with Gasteiger partial charge in [-0.1, -0.05) is 6.07 Å². The lowest BCUT2D eigenvalue weighted by molar-refractivity contribution is 0.0693. The number of rotatable bonds is 6. The van der Waals surface area contributed by atoms with Crippen LogP contribution in [0.5, 0.6) is 5.75 Å². The predicted molar refractivity (Wildman–Crippen MR) is 83.2 cm³/mol. The van der Waals surface area contributed by atoms with Gasteiger partial charge in [-0.2, -0.15) is 5.10 Å². The molecule has 0 saturated heterocycles. The largest absolute Gasteiger partial charge is 0.496 e. The van der Waals surface area contributed by atoms with E-state index in [1.54, 1.807) is 12.1 Å². The van der Waals surface area contributed by atoms with E-state index in [2.05, 4.69) is 10.4 Å². The van der Waals surface area contributed by atoms with Crippen molar-refractivity contribution >= 4 is 5.97 Å². The van der Waals surface area contributed by atoms with Gasteiger partial charge in [0.05, 0.1) is 19.0 Å². The Kier molecular flexibility index (Phi) is 4.82. The van der Waals surface area contributed by atoms with Crippen LogP contribution in [0.3, 0.4) is 0 Å². The molecule has 0 radical (unpaired) electrons. The van der Waals surface area contributed by atoms with E-state index in [1.165, 1.54) is 7.11 Å². The molecule has 0 saturated carbocycles. The minimum atomic E-state index is -0.992. The second-order valence-electron chi connectivity index (χ2n) is 5.27. The zero-order valence-corrected chi connectivity index (χ0v) is 13.3. The minimum absolute atomic E-state index is 0.0123. The Labute approximate surface area is 129 Å². The zero-order chi connectivity index (χ0) is 16.3. The highest BCUT2D eigenvalue weighted by Crippen LogP contribution is 2.23. The molecule has 0 aliphatic carbocycles. The average molecular weight is 303 g/mol. The first-order valence-electron chi connectivity index (χ1n) is 7.06. The van der Waals surface area contributed by atoms with Crippen LogP contribution in [0.1, 0.15) is 40.1 Å². The molecule has 118 valence electrons. The maximum Gasteiger partial charge on any atom is 0.339 e. The standard InChI is InChI=1S/C16H21N3O3/c1-10-8-18-19(3)14(10)9-17-11(2)12-5-6-15(22-4)13(7-12)16(20)21/h5-8,11,17H,9H2,1-4H3,(H,20,21)/t11-/m0/s1. The molecule has 0 fully saturated rings. The lowest BCUT2D eigenvalue weighted by Gasteiger charge is -2.16. The number of aromatic nitrogens is 2. The smallest absolute Gasteiger partial charge is 0.339 e. The molecule has 0 aliphatic heterocycles. The number of hydrogen-bond donors (Lipinski definition) is 2. The van der Waals surface area contributed by atoms with Crippen molar-refractivity contribution in [1.82, 2.24) is 15.1 Å². The number of aromatic carboxylic acids is 1. The minimum Gasteiger partial charge on any atom is -0.496 e. The molecule has 6 heteroatoms. The average Bonchev–Trinajstić information content (AvgIpc) is 2.82. The molecular formula is C16H21N3O3. The van der Waals surface area contributed by atoms with E-state index >= 15 is 0 Å². The molecule has 2 N–H and O–H groups in total. The first kappa shape index (κ1) is 16.0. The van der Waals surface area contributed by atoms with E-state index in [9.17, 15) is 9.90 Å². The fraction of sp³-hybridized carbons (Fsp3) is 0.375. The van der Waals surface area contributed by atoms with Crippen molar-refractivity contribution in [3.63, 3.8) is 0 Å². The van der Waals surface area contributed by atoms with Crippen molar-refractivity contribution < 1.29 is 14.6 Å². The summed E-state index contributed by atoms with van der Waals surface area (Å²) in [5, 5.41) is 16.8. The van der Waals surface area contributed by atoms with E-state index < -0.39 is 5.97 Å². The van der Waals surface area contributed by atoms with Crippen LogP contribution in [-0.4, -0.2) is 28.0 Å². The highest BCUT2D eigenvalue weighted by atomic mass is 16.5. The third kappa shape index (κ3) is 3.28. The number of hydrogen-bond acceptors (Lipinski definition) is 4. The van der Waals surface area contributed by atoms with Crippen molar-refractivity contribution in [2.45, 2.75) is 26.4 Å². The molecule has 1 aromatic carbocycles. The first-order chi connectivity index (χ1) is 10.4. The summed E-state index contributed by atoms with van der Waals surface area (Å²) in [4.78, 5) is 11.3. The number of ether oxygens (including phenoxy) is 1. The number of carbonyl (C=O) groups is 1. The molecule has 2 rings (SSSR count). The first-order valence-corrected chi connectivity index (χ1v) is 7.06. The summed E-state index contributed by atoms with van der Waals surface area (Å²) in [6.45, 7) is 4.68. The van der Waals surface area contributed by atoms with E-state index in [0.717, 1.165) is 16.8 Å². The normalized spacial score (nSPS) is 12.2. The lowest BCUT2D eigenvalue weighted by atomic mass is 10.0. The van der Waals surface area contributed by atoms with Crippen LogP contribution in [0, 0.1) is 6.92 Å². The van der Waals surface area contributed by atoms with Crippen molar-refractivity contribution in [2.75, 3.05) is 7.11 Å². The highest BCUT2D eigenvalue weighted by Gasteiger charge is 2.15.